The van der Waals surface area contributed by atoms with Gasteiger partial charge in [-0.25, -0.2) is 4.79 Å². The van der Waals surface area contributed by atoms with Gasteiger partial charge in [-0.3, -0.25) is 0 Å². The van der Waals surface area contributed by atoms with Gasteiger partial charge in [0, 0.05) is 18.0 Å². The van der Waals surface area contributed by atoms with E-state index < -0.39 is 0 Å². The van der Waals surface area contributed by atoms with E-state index in [2.05, 4.69) is 56.9 Å². The van der Waals surface area contributed by atoms with Gasteiger partial charge in [0.1, 0.15) is 6.10 Å². The summed E-state index contributed by atoms with van der Waals surface area (Å²) in [4.78, 5) is 13.3. The van der Waals surface area contributed by atoms with Crippen LogP contribution in [-0.2, 0) is 14.3 Å². The van der Waals surface area contributed by atoms with E-state index in [1.54, 1.807) is 6.08 Å². The van der Waals surface area contributed by atoms with Crippen molar-refractivity contribution in [3.8, 4) is 0 Å². The quantitative estimate of drug-likeness (QED) is 0.259. The maximum atomic E-state index is 13.3. The predicted octanol–water partition coefficient (Wildman–Crippen LogP) is 8.79. The average molecular weight is 564 g/mol. The summed E-state index contributed by atoms with van der Waals surface area (Å²) < 4.78 is 12.7. The molecule has 1 fully saturated rings. The zero-order valence-electron chi connectivity index (χ0n) is 25.9. The highest BCUT2D eigenvalue weighted by Crippen LogP contribution is 2.45. The smallest absolute Gasteiger partial charge is 0.330 e. The number of hydrogen-bond donors (Lipinski definition) is 1. The van der Waals surface area contributed by atoms with E-state index in [-0.39, 0.29) is 36.2 Å². The van der Waals surface area contributed by atoms with Crippen LogP contribution in [0.5, 0.6) is 0 Å². The molecule has 41 heavy (non-hydrogen) atoms. The number of carbonyl (C=O) groups is 1. The van der Waals surface area contributed by atoms with Crippen LogP contribution in [0.3, 0.4) is 0 Å². The van der Waals surface area contributed by atoms with E-state index in [0.717, 1.165) is 63.7 Å². The van der Waals surface area contributed by atoms with Gasteiger partial charge in [-0.1, -0.05) is 75.0 Å². The first kappa shape index (κ1) is 32.0. The first-order chi connectivity index (χ1) is 19.9. The minimum Gasteiger partial charge on any atom is -0.459 e. The molecule has 2 aliphatic heterocycles. The minimum atomic E-state index is -0.211. The van der Waals surface area contributed by atoms with E-state index in [9.17, 15) is 4.79 Å². The van der Waals surface area contributed by atoms with Crippen molar-refractivity contribution in [3.63, 3.8) is 0 Å². The van der Waals surface area contributed by atoms with Crippen LogP contribution in [-0.4, -0.2) is 30.3 Å². The molecule has 0 aromatic rings. The van der Waals surface area contributed by atoms with Gasteiger partial charge in [0.05, 0.1) is 12.2 Å². The van der Waals surface area contributed by atoms with Crippen LogP contribution in [0.2, 0.25) is 0 Å². The topological polar surface area (TPSA) is 61.5 Å². The summed E-state index contributed by atoms with van der Waals surface area (Å²) in [6, 6.07) is 0.0773. The van der Waals surface area contributed by atoms with Crippen LogP contribution in [0.25, 0.3) is 0 Å². The van der Waals surface area contributed by atoms with E-state index in [1.807, 2.05) is 6.08 Å². The second kappa shape index (κ2) is 16.7. The van der Waals surface area contributed by atoms with E-state index in [0.29, 0.717) is 24.2 Å². The first-order valence-corrected chi connectivity index (χ1v) is 16.9. The third-order valence-electron chi connectivity index (χ3n) is 9.82. The normalized spacial score (nSPS) is 36.2. The van der Waals surface area contributed by atoms with Crippen molar-refractivity contribution < 1.29 is 14.3 Å². The van der Waals surface area contributed by atoms with Crippen molar-refractivity contribution in [1.29, 1.82) is 0 Å². The lowest BCUT2D eigenvalue weighted by molar-refractivity contribution is -0.146. The maximum Gasteiger partial charge on any atom is 0.330 e. The van der Waals surface area contributed by atoms with E-state index in [1.165, 1.54) is 37.7 Å². The predicted molar refractivity (Wildman–Crippen MR) is 170 cm³/mol. The Bertz CT molecular complexity index is 944. The zero-order valence-corrected chi connectivity index (χ0v) is 25.9. The fraction of sp³-hybridized carbons (Fsp3) is 0.703. The number of cyclic esters (lactones) is 1. The Balaban J connectivity index is 1.54. The highest BCUT2D eigenvalue weighted by molar-refractivity contribution is 5.82. The molecule has 0 aromatic heterocycles. The summed E-state index contributed by atoms with van der Waals surface area (Å²) >= 11 is 0. The molecule has 0 amide bonds. The van der Waals surface area contributed by atoms with Crippen LogP contribution < -0.4 is 5.73 Å². The number of fused-ring (bicyclic) bond motifs is 2. The van der Waals surface area contributed by atoms with Crippen LogP contribution >= 0.6 is 0 Å². The number of carbonyl (C=O) groups excluding carboxylic acids is 1. The lowest BCUT2D eigenvalue weighted by Crippen LogP contribution is -2.32. The highest BCUT2D eigenvalue weighted by atomic mass is 16.5. The van der Waals surface area contributed by atoms with E-state index >= 15 is 0 Å². The Labute approximate surface area is 250 Å². The SMILES string of the molecule is C=C1CCC(C)C(C2CC2)CC(C(/C=C/C2CC=CCCC2)CCC)OC(=O)/C=C\CC2C=CCC(CC(N)C1)O2. The largest absolute Gasteiger partial charge is 0.459 e. The van der Waals surface area contributed by atoms with Crippen LogP contribution in [0.4, 0.5) is 0 Å². The standard InChI is InChI=1S/C37H57NO3/c1-4-11-31(21-20-29-12-7-5-6-8-13-29)36-26-35(30-22-23-30)28(3)19-18-27(2)24-32(38)25-34-16-9-14-33(40-34)15-10-17-37(39)41-36/h5,7,9-10,14,17,20-21,28-36H,2,4,6,8,11-13,15-16,18-19,22-26,38H2,1,3H3/b17-10-,21-20+. The fourth-order valence-corrected chi connectivity index (χ4v) is 7.25. The van der Waals surface area contributed by atoms with Gasteiger partial charge in [0.25, 0.3) is 0 Å². The summed E-state index contributed by atoms with van der Waals surface area (Å²) in [6.45, 7) is 9.09. The number of rotatable bonds is 6. The molecule has 0 saturated heterocycles. The second-order valence-electron chi connectivity index (χ2n) is 13.5. The molecule has 4 heteroatoms. The minimum absolute atomic E-state index is 0.0209. The molecule has 8 unspecified atom stereocenters. The number of allylic oxidation sites excluding steroid dienone is 3. The van der Waals surface area contributed by atoms with Crippen molar-refractivity contribution in [2.75, 3.05) is 0 Å². The molecule has 228 valence electrons. The second-order valence-corrected chi connectivity index (χ2v) is 13.5. The van der Waals surface area contributed by atoms with Gasteiger partial charge >= 0.3 is 5.97 Å². The molecule has 4 nitrogen and oxygen atoms in total. The lowest BCUT2D eigenvalue weighted by atomic mass is 9.78. The molecule has 2 aliphatic carbocycles. The van der Waals surface area contributed by atoms with Gasteiger partial charge in [-0.15, -0.1) is 0 Å². The van der Waals surface area contributed by atoms with Crippen molar-refractivity contribution >= 4 is 5.97 Å². The molecule has 2 N–H and O–H groups in total. The average Bonchev–Trinajstić information content (AvgIpc) is 3.80. The number of hydrogen-bond acceptors (Lipinski definition) is 4. The Kier molecular flexibility index (Phi) is 13.0. The molecule has 2 heterocycles. The monoisotopic (exact) mass is 563 g/mol. The van der Waals surface area contributed by atoms with Gasteiger partial charge < -0.3 is 15.2 Å². The summed E-state index contributed by atoms with van der Waals surface area (Å²) in [6.07, 6.45) is 33.4. The number of ether oxygens (including phenoxy) is 2. The third kappa shape index (κ3) is 11.0. The Morgan fingerprint density at radius 3 is 2.73 bits per heavy atom. The molecule has 2 bridgehead atoms. The lowest BCUT2D eigenvalue weighted by Gasteiger charge is -2.32. The zero-order chi connectivity index (χ0) is 29.0. The summed E-state index contributed by atoms with van der Waals surface area (Å²) in [5, 5.41) is 0. The molecule has 8 atom stereocenters. The van der Waals surface area contributed by atoms with E-state index in [4.69, 9.17) is 15.2 Å². The number of esters is 1. The van der Waals surface area contributed by atoms with Crippen molar-refractivity contribution in [3.05, 3.63) is 60.8 Å². The summed E-state index contributed by atoms with van der Waals surface area (Å²) in [5.41, 5.74) is 7.83. The summed E-state index contributed by atoms with van der Waals surface area (Å²) in [5.74, 6) is 2.52. The molecule has 0 aromatic carbocycles. The highest BCUT2D eigenvalue weighted by Gasteiger charge is 2.38. The fourth-order valence-electron chi connectivity index (χ4n) is 7.25. The molecule has 1 saturated carbocycles. The summed E-state index contributed by atoms with van der Waals surface area (Å²) in [7, 11) is 0. The van der Waals surface area contributed by atoms with Crippen molar-refractivity contribution in [2.45, 2.75) is 135 Å². The molecule has 4 aliphatic rings. The van der Waals surface area contributed by atoms with Crippen LogP contribution in [0.15, 0.2) is 60.8 Å². The van der Waals surface area contributed by atoms with Crippen LogP contribution in [0.1, 0.15) is 110 Å². The van der Waals surface area contributed by atoms with Crippen LogP contribution in [0, 0.1) is 29.6 Å². The molecular formula is C37H57NO3. The van der Waals surface area contributed by atoms with Crippen molar-refractivity contribution in [1.82, 2.24) is 0 Å². The molecule has 0 radical (unpaired) electrons. The Morgan fingerprint density at radius 1 is 1.07 bits per heavy atom. The first-order valence-electron chi connectivity index (χ1n) is 16.9. The van der Waals surface area contributed by atoms with Gasteiger partial charge in [-0.05, 0) is 114 Å². The molecule has 4 rings (SSSR count). The van der Waals surface area contributed by atoms with Gasteiger partial charge in [0.2, 0.25) is 0 Å². The number of nitrogens with two attached hydrogens (primary N) is 1. The van der Waals surface area contributed by atoms with Gasteiger partial charge in [0.15, 0.2) is 0 Å². The Morgan fingerprint density at radius 2 is 1.93 bits per heavy atom. The maximum absolute atomic E-state index is 13.3. The van der Waals surface area contributed by atoms with Crippen molar-refractivity contribution in [2.24, 2.45) is 35.3 Å². The Hall–Kier alpha value is -1.91. The van der Waals surface area contributed by atoms with Gasteiger partial charge in [-0.2, -0.15) is 0 Å². The third-order valence-corrected chi connectivity index (χ3v) is 9.82. The molecular weight excluding hydrogens is 506 g/mol. The molecule has 0 spiro atoms.